The number of nitrogens with zero attached hydrogens (tertiary/aromatic N) is 1. The number of ether oxygens (including phenoxy) is 1. The van der Waals surface area contributed by atoms with Gasteiger partial charge in [0.25, 0.3) is 0 Å². The van der Waals surface area contributed by atoms with E-state index in [4.69, 9.17) is 0 Å². The predicted molar refractivity (Wildman–Crippen MR) is 63.5 cm³/mol. The van der Waals surface area contributed by atoms with Crippen molar-refractivity contribution in [3.05, 3.63) is 0 Å². The van der Waals surface area contributed by atoms with Gasteiger partial charge in [0.1, 0.15) is 6.61 Å². The zero-order valence-corrected chi connectivity index (χ0v) is 10.7. The second-order valence-electron chi connectivity index (χ2n) is 4.46. The second kappa shape index (κ2) is 5.95. The van der Waals surface area contributed by atoms with Crippen LogP contribution in [0.1, 0.15) is 20.3 Å². The molecule has 0 radical (unpaired) electrons. The van der Waals surface area contributed by atoms with Crippen LogP contribution in [0.3, 0.4) is 0 Å². The van der Waals surface area contributed by atoms with E-state index in [-0.39, 0.29) is 18.7 Å². The maximum Gasteiger partial charge on any atom is 0.411 e. The Bertz CT molecular complexity index is 279. The van der Waals surface area contributed by atoms with Crippen LogP contribution in [0.2, 0.25) is 0 Å². The highest BCUT2D eigenvalue weighted by Crippen LogP contribution is 2.21. The summed E-state index contributed by atoms with van der Waals surface area (Å²) in [6, 6.07) is 0. The molecule has 7 heteroatoms. The fraction of sp³-hybridized carbons (Fsp3) is 0.900. The molecule has 1 N–H and O–H groups in total. The summed E-state index contributed by atoms with van der Waals surface area (Å²) in [6.45, 7) is 3.18. The Kier molecular flexibility index (Phi) is 5.12. The van der Waals surface area contributed by atoms with E-state index in [0.717, 1.165) is 17.3 Å². The van der Waals surface area contributed by atoms with Crippen LogP contribution < -0.4 is 5.32 Å². The quantitative estimate of drug-likeness (QED) is 0.797. The van der Waals surface area contributed by atoms with Crippen molar-refractivity contribution in [1.29, 1.82) is 0 Å². The molecule has 1 aliphatic heterocycles. The van der Waals surface area contributed by atoms with Gasteiger partial charge in [0.15, 0.2) is 5.17 Å². The number of nitrogens with one attached hydrogen (secondary N) is 1. The van der Waals surface area contributed by atoms with E-state index < -0.39 is 12.8 Å². The van der Waals surface area contributed by atoms with Gasteiger partial charge in [0.2, 0.25) is 0 Å². The molecule has 0 unspecified atom stereocenters. The Labute approximate surface area is 103 Å². The van der Waals surface area contributed by atoms with Gasteiger partial charge in [-0.2, -0.15) is 13.2 Å². The van der Waals surface area contributed by atoms with E-state index in [1.54, 1.807) is 11.8 Å². The van der Waals surface area contributed by atoms with Gasteiger partial charge in [-0.3, -0.25) is 4.99 Å². The third-order valence-corrected chi connectivity index (χ3v) is 3.08. The van der Waals surface area contributed by atoms with Crippen LogP contribution in [0.25, 0.3) is 0 Å². The lowest BCUT2D eigenvalue weighted by Gasteiger charge is -2.32. The van der Waals surface area contributed by atoms with Crippen LogP contribution in [-0.2, 0) is 4.74 Å². The lowest BCUT2D eigenvalue weighted by atomic mass is 10.0. The molecule has 0 saturated carbocycles. The average molecular weight is 270 g/mol. The highest BCUT2D eigenvalue weighted by Gasteiger charge is 2.27. The first kappa shape index (κ1) is 14.6. The van der Waals surface area contributed by atoms with Gasteiger partial charge in [0, 0.05) is 11.3 Å². The monoisotopic (exact) mass is 270 g/mol. The summed E-state index contributed by atoms with van der Waals surface area (Å²) in [4.78, 5) is 4.17. The Balaban J connectivity index is 2.20. The summed E-state index contributed by atoms with van der Waals surface area (Å²) < 4.78 is 39.8. The number of thioether (sulfide) groups is 1. The minimum Gasteiger partial charge on any atom is -0.370 e. The van der Waals surface area contributed by atoms with Crippen molar-refractivity contribution in [3.63, 3.8) is 0 Å². The predicted octanol–water partition coefficient (Wildman–Crippen LogP) is 2.43. The highest BCUT2D eigenvalue weighted by molar-refractivity contribution is 8.13. The first-order valence-electron chi connectivity index (χ1n) is 5.38. The van der Waals surface area contributed by atoms with Crippen molar-refractivity contribution < 1.29 is 17.9 Å². The van der Waals surface area contributed by atoms with Crippen LogP contribution >= 0.6 is 11.8 Å². The standard InChI is InChI=1S/C10H17F3N2OS/c1-9(2)3-6-17-8(15-9)14-4-5-16-7-10(11,12)13/h3-7H2,1-2H3,(H,14,15). The molecule has 3 nitrogen and oxygen atoms in total. The van der Waals surface area contributed by atoms with E-state index in [1.807, 2.05) is 0 Å². The zero-order chi connectivity index (χ0) is 12.9. The van der Waals surface area contributed by atoms with E-state index in [9.17, 15) is 13.2 Å². The molecule has 0 amide bonds. The van der Waals surface area contributed by atoms with Gasteiger partial charge in [-0.1, -0.05) is 11.8 Å². The molecule has 0 aromatic heterocycles. The third-order valence-electron chi connectivity index (χ3n) is 2.17. The summed E-state index contributed by atoms with van der Waals surface area (Å²) in [5.74, 6) is 0.974. The molecule has 1 fully saturated rings. The summed E-state index contributed by atoms with van der Waals surface area (Å²) in [5, 5.41) is 4.02. The molecule has 0 bridgehead atoms. The van der Waals surface area contributed by atoms with Crippen LogP contribution in [0.15, 0.2) is 4.99 Å². The van der Waals surface area contributed by atoms with Crippen LogP contribution in [-0.4, -0.2) is 42.4 Å². The van der Waals surface area contributed by atoms with E-state index in [0.29, 0.717) is 0 Å². The normalized spacial score (nSPS) is 22.5. The molecule has 0 aromatic carbocycles. The molecule has 0 atom stereocenters. The SMILES string of the molecule is CC1(C)CCSC(=NCCOCC(F)(F)F)N1. The van der Waals surface area contributed by atoms with Gasteiger partial charge in [0.05, 0.1) is 13.2 Å². The van der Waals surface area contributed by atoms with E-state index in [2.05, 4.69) is 28.9 Å². The van der Waals surface area contributed by atoms with Crippen molar-refractivity contribution in [1.82, 2.24) is 5.32 Å². The highest BCUT2D eigenvalue weighted by atomic mass is 32.2. The molecule has 0 spiro atoms. The molecule has 0 aliphatic carbocycles. The summed E-state index contributed by atoms with van der Waals surface area (Å²) in [6.07, 6.45) is -3.21. The number of aliphatic imine (C=N–C) groups is 1. The maximum atomic E-state index is 11.8. The van der Waals surface area contributed by atoms with Gasteiger partial charge in [-0.15, -0.1) is 0 Å². The van der Waals surface area contributed by atoms with Gasteiger partial charge in [-0.05, 0) is 20.3 Å². The van der Waals surface area contributed by atoms with Crippen LogP contribution in [0.4, 0.5) is 13.2 Å². The van der Waals surface area contributed by atoms with Crippen molar-refractivity contribution in [3.8, 4) is 0 Å². The number of hydrogen-bond acceptors (Lipinski definition) is 3. The summed E-state index contributed by atoms with van der Waals surface area (Å²) in [7, 11) is 0. The largest absolute Gasteiger partial charge is 0.411 e. The Morgan fingerprint density at radius 3 is 2.76 bits per heavy atom. The first-order chi connectivity index (χ1) is 7.79. The molecule has 1 saturated heterocycles. The zero-order valence-electron chi connectivity index (χ0n) is 9.93. The molecule has 1 heterocycles. The summed E-state index contributed by atoms with van der Waals surface area (Å²) >= 11 is 1.59. The van der Waals surface area contributed by atoms with Gasteiger partial charge >= 0.3 is 6.18 Å². The lowest BCUT2D eigenvalue weighted by Crippen LogP contribution is -2.46. The minimum absolute atomic E-state index is 0.00826. The number of rotatable bonds is 4. The smallest absolute Gasteiger partial charge is 0.370 e. The maximum absolute atomic E-state index is 11.8. The van der Waals surface area contributed by atoms with Crippen molar-refractivity contribution in [2.75, 3.05) is 25.5 Å². The Morgan fingerprint density at radius 2 is 2.18 bits per heavy atom. The molecule has 100 valence electrons. The third kappa shape index (κ3) is 6.78. The number of hydrogen-bond donors (Lipinski definition) is 1. The van der Waals surface area contributed by atoms with Crippen molar-refractivity contribution in [2.45, 2.75) is 32.0 Å². The van der Waals surface area contributed by atoms with Gasteiger partial charge in [-0.25, -0.2) is 0 Å². The van der Waals surface area contributed by atoms with Crippen LogP contribution in [0.5, 0.6) is 0 Å². The second-order valence-corrected chi connectivity index (χ2v) is 5.55. The average Bonchev–Trinajstić information content (AvgIpc) is 2.13. The molecule has 1 rings (SSSR count). The number of alkyl halides is 3. The summed E-state index contributed by atoms with van der Waals surface area (Å²) in [5.41, 5.74) is 0.0108. The lowest BCUT2D eigenvalue weighted by molar-refractivity contribution is -0.173. The van der Waals surface area contributed by atoms with Crippen molar-refractivity contribution >= 4 is 16.9 Å². The number of amidine groups is 1. The minimum atomic E-state index is -4.26. The van der Waals surface area contributed by atoms with E-state index >= 15 is 0 Å². The molecule has 17 heavy (non-hydrogen) atoms. The molecular formula is C10H17F3N2OS. The first-order valence-corrected chi connectivity index (χ1v) is 6.37. The fourth-order valence-electron chi connectivity index (χ4n) is 1.28. The molecular weight excluding hydrogens is 253 g/mol. The fourth-order valence-corrected chi connectivity index (χ4v) is 2.61. The Hall–Kier alpha value is -0.430. The van der Waals surface area contributed by atoms with Crippen molar-refractivity contribution in [2.24, 2.45) is 4.99 Å². The Morgan fingerprint density at radius 1 is 1.47 bits per heavy atom. The van der Waals surface area contributed by atoms with Gasteiger partial charge < -0.3 is 10.1 Å². The molecule has 0 aromatic rings. The molecule has 1 aliphatic rings. The number of halogens is 3. The van der Waals surface area contributed by atoms with E-state index in [1.165, 1.54) is 0 Å². The topological polar surface area (TPSA) is 33.6 Å². The van der Waals surface area contributed by atoms with Crippen LogP contribution in [0, 0.1) is 0 Å².